The second-order valence-corrected chi connectivity index (χ2v) is 3.63. The molecule has 1 aliphatic rings. The molecule has 0 saturated heterocycles. The third-order valence-corrected chi connectivity index (χ3v) is 2.60. The van der Waals surface area contributed by atoms with Crippen LogP contribution in [0, 0.1) is 10.8 Å². The first-order valence-electron chi connectivity index (χ1n) is 4.45. The summed E-state index contributed by atoms with van der Waals surface area (Å²) in [5, 5.41) is 2.48. The number of allylic oxidation sites excluding steroid dienone is 2. The molecule has 0 radical (unpaired) electrons. The lowest BCUT2D eigenvalue weighted by Crippen LogP contribution is -2.21. The van der Waals surface area contributed by atoms with Gasteiger partial charge in [-0.2, -0.15) is 0 Å². The third-order valence-electron chi connectivity index (χ3n) is 2.60. The highest BCUT2D eigenvalue weighted by atomic mass is 16.7. The Morgan fingerprint density at radius 3 is 3.00 bits per heavy atom. The van der Waals surface area contributed by atoms with Crippen molar-refractivity contribution in [1.82, 2.24) is 0 Å². The molecule has 0 aromatic carbocycles. The fourth-order valence-electron chi connectivity index (χ4n) is 1.58. The largest absolute Gasteiger partial charge is 0.356 e. The van der Waals surface area contributed by atoms with Crippen molar-refractivity contribution in [1.29, 1.82) is 0 Å². The van der Waals surface area contributed by atoms with Gasteiger partial charge in [0.1, 0.15) is 0 Å². The first kappa shape index (κ1) is 9.96. The minimum absolute atomic E-state index is 0.145. The van der Waals surface area contributed by atoms with E-state index in [-0.39, 0.29) is 6.10 Å². The second-order valence-electron chi connectivity index (χ2n) is 3.63. The monoisotopic (exact) mass is 181 g/mol. The van der Waals surface area contributed by atoms with Gasteiger partial charge in [0.2, 0.25) is 0 Å². The number of hydrogen-bond donors (Lipinski definition) is 0. The minimum Gasteiger partial charge on any atom is -0.356 e. The number of rotatable bonds is 3. The van der Waals surface area contributed by atoms with Crippen LogP contribution in [0.4, 0.5) is 0 Å². The van der Waals surface area contributed by atoms with Crippen LogP contribution in [0.1, 0.15) is 26.7 Å². The van der Waals surface area contributed by atoms with Crippen LogP contribution in [0.25, 0.3) is 0 Å². The summed E-state index contributed by atoms with van der Waals surface area (Å²) in [7, 11) is 0. The normalized spacial score (nSPS) is 27.7. The van der Waals surface area contributed by atoms with Gasteiger partial charge in [-0.05, 0) is 38.2 Å². The molecular formula is C10H15NO2. The molecule has 3 heteroatoms. The topological polar surface area (TPSA) is 38.7 Å². The van der Waals surface area contributed by atoms with Gasteiger partial charge in [-0.15, -0.1) is 4.91 Å². The van der Waals surface area contributed by atoms with Crippen molar-refractivity contribution in [2.45, 2.75) is 32.8 Å². The minimum atomic E-state index is -0.145. The first-order valence-corrected chi connectivity index (χ1v) is 4.45. The molecule has 0 fully saturated rings. The molecule has 0 N–H and O–H groups in total. The van der Waals surface area contributed by atoms with Crippen LogP contribution >= 0.6 is 0 Å². The average Bonchev–Trinajstić information content (AvgIpc) is 2.08. The lowest BCUT2D eigenvalue weighted by atomic mass is 9.84. The molecule has 2 atom stereocenters. The second kappa shape index (κ2) is 4.21. The fraction of sp³-hybridized carbons (Fsp3) is 0.600. The maximum Gasteiger partial charge on any atom is 0.155 e. The van der Waals surface area contributed by atoms with Crippen molar-refractivity contribution in [2.75, 3.05) is 0 Å². The van der Waals surface area contributed by atoms with Gasteiger partial charge in [-0.1, -0.05) is 18.2 Å². The Kier molecular flexibility index (Phi) is 3.23. The predicted molar refractivity (Wildman–Crippen MR) is 52.0 cm³/mol. The molecule has 1 aliphatic carbocycles. The van der Waals surface area contributed by atoms with Crippen molar-refractivity contribution in [3.8, 4) is 0 Å². The highest BCUT2D eigenvalue weighted by Gasteiger charge is 2.24. The van der Waals surface area contributed by atoms with Gasteiger partial charge in [0.25, 0.3) is 0 Å². The van der Waals surface area contributed by atoms with Crippen LogP contribution in [0.15, 0.2) is 29.1 Å². The summed E-state index contributed by atoms with van der Waals surface area (Å²) in [5.74, 6) is 0.426. The molecule has 0 saturated carbocycles. The van der Waals surface area contributed by atoms with E-state index < -0.39 is 0 Å². The Labute approximate surface area is 78.4 Å². The lowest BCUT2D eigenvalue weighted by molar-refractivity contribution is 0.0612. The van der Waals surface area contributed by atoms with E-state index in [0.717, 1.165) is 24.0 Å². The van der Waals surface area contributed by atoms with Crippen molar-refractivity contribution < 1.29 is 4.84 Å². The standard InChI is InChI=1S/C10H15NO2/c1-7(2)9-5-4-8(3)10(6-9)13-11-12/h4,9-10H,1,5-6H2,2-3H3. The van der Waals surface area contributed by atoms with Crippen LogP contribution in [-0.2, 0) is 4.84 Å². The summed E-state index contributed by atoms with van der Waals surface area (Å²) >= 11 is 0. The van der Waals surface area contributed by atoms with Gasteiger partial charge in [0, 0.05) is 0 Å². The zero-order valence-electron chi connectivity index (χ0n) is 8.12. The van der Waals surface area contributed by atoms with E-state index in [9.17, 15) is 4.91 Å². The molecule has 72 valence electrons. The Balaban J connectivity index is 2.65. The van der Waals surface area contributed by atoms with Crippen LogP contribution < -0.4 is 0 Å². The summed E-state index contributed by atoms with van der Waals surface area (Å²) in [4.78, 5) is 14.7. The molecule has 3 nitrogen and oxygen atoms in total. The summed E-state index contributed by atoms with van der Waals surface area (Å²) in [6, 6.07) is 0. The van der Waals surface area contributed by atoms with Gasteiger partial charge in [-0.3, -0.25) is 0 Å². The third kappa shape index (κ3) is 2.41. The maximum atomic E-state index is 9.97. The van der Waals surface area contributed by atoms with E-state index in [1.807, 2.05) is 13.8 Å². The molecule has 0 aliphatic heterocycles. The zero-order valence-corrected chi connectivity index (χ0v) is 8.12. The van der Waals surface area contributed by atoms with Gasteiger partial charge >= 0.3 is 0 Å². The van der Waals surface area contributed by atoms with E-state index >= 15 is 0 Å². The number of hydrogen-bond acceptors (Lipinski definition) is 3. The van der Waals surface area contributed by atoms with Crippen molar-refractivity contribution >= 4 is 0 Å². The maximum absolute atomic E-state index is 9.97. The van der Waals surface area contributed by atoms with Crippen molar-refractivity contribution in [2.24, 2.45) is 11.3 Å². The van der Waals surface area contributed by atoms with Gasteiger partial charge in [0.15, 0.2) is 11.4 Å². The Morgan fingerprint density at radius 2 is 2.46 bits per heavy atom. The zero-order chi connectivity index (χ0) is 9.84. The molecule has 0 spiro atoms. The molecule has 1 rings (SSSR count). The fourth-order valence-corrected chi connectivity index (χ4v) is 1.58. The van der Waals surface area contributed by atoms with Gasteiger partial charge in [-0.25, -0.2) is 0 Å². The Morgan fingerprint density at radius 1 is 1.77 bits per heavy atom. The van der Waals surface area contributed by atoms with Crippen LogP contribution in [0.3, 0.4) is 0 Å². The molecular weight excluding hydrogens is 166 g/mol. The van der Waals surface area contributed by atoms with Crippen LogP contribution in [0.5, 0.6) is 0 Å². The summed E-state index contributed by atoms with van der Waals surface area (Å²) in [6.07, 6.45) is 3.77. The van der Waals surface area contributed by atoms with Crippen molar-refractivity contribution in [3.05, 3.63) is 28.7 Å². The molecule has 0 aromatic heterocycles. The van der Waals surface area contributed by atoms with Gasteiger partial charge < -0.3 is 4.84 Å². The molecule has 0 bridgehead atoms. The number of nitrogens with zero attached hydrogens (tertiary/aromatic N) is 1. The molecule has 2 unspecified atom stereocenters. The molecule has 0 aromatic rings. The van der Waals surface area contributed by atoms with Crippen LogP contribution in [-0.4, -0.2) is 6.10 Å². The van der Waals surface area contributed by atoms with E-state index in [0.29, 0.717) is 5.92 Å². The highest BCUT2D eigenvalue weighted by Crippen LogP contribution is 2.30. The van der Waals surface area contributed by atoms with Crippen LogP contribution in [0.2, 0.25) is 0 Å². The predicted octanol–water partition coefficient (Wildman–Crippen LogP) is 2.99. The average molecular weight is 181 g/mol. The molecule has 0 heterocycles. The summed E-state index contributed by atoms with van der Waals surface area (Å²) in [5.41, 5.74) is 2.24. The molecule has 13 heavy (non-hydrogen) atoms. The lowest BCUT2D eigenvalue weighted by Gasteiger charge is -2.25. The highest BCUT2D eigenvalue weighted by molar-refractivity contribution is 5.14. The smallest absolute Gasteiger partial charge is 0.155 e. The Hall–Kier alpha value is -1.12. The molecule has 0 amide bonds. The van der Waals surface area contributed by atoms with E-state index in [1.165, 1.54) is 0 Å². The van der Waals surface area contributed by atoms with E-state index in [2.05, 4.69) is 18.0 Å². The van der Waals surface area contributed by atoms with Gasteiger partial charge in [0.05, 0.1) is 0 Å². The van der Waals surface area contributed by atoms with E-state index in [1.54, 1.807) is 0 Å². The quantitative estimate of drug-likeness (QED) is 0.381. The SMILES string of the molecule is C=C(C)C1CC=C(C)C(ON=O)C1. The Bertz CT molecular complexity index is 245. The summed E-state index contributed by atoms with van der Waals surface area (Å²) < 4.78 is 0. The summed E-state index contributed by atoms with van der Waals surface area (Å²) in [6.45, 7) is 7.87. The first-order chi connectivity index (χ1) is 6.15. The van der Waals surface area contributed by atoms with E-state index in [4.69, 9.17) is 4.84 Å². The van der Waals surface area contributed by atoms with Crippen molar-refractivity contribution in [3.63, 3.8) is 0 Å².